The lowest BCUT2D eigenvalue weighted by molar-refractivity contribution is -0.0616. The van der Waals surface area contributed by atoms with Crippen molar-refractivity contribution in [3.05, 3.63) is 0 Å². The van der Waals surface area contributed by atoms with E-state index in [-0.39, 0.29) is 17.3 Å². The van der Waals surface area contributed by atoms with Crippen LogP contribution in [0.25, 0.3) is 0 Å². The second-order valence-electron chi connectivity index (χ2n) is 16.9. The fourth-order valence-electron chi connectivity index (χ4n) is 6.91. The van der Waals surface area contributed by atoms with E-state index in [1.165, 1.54) is 180 Å². The average Bonchev–Trinajstić information content (AvgIpc) is 3.09. The van der Waals surface area contributed by atoms with E-state index in [0.717, 1.165) is 19.3 Å². The summed E-state index contributed by atoms with van der Waals surface area (Å²) in [5, 5.41) is 3.00. The summed E-state index contributed by atoms with van der Waals surface area (Å²) in [5.41, 5.74) is -0.388. The topological polar surface area (TPSA) is 56.8 Å². The van der Waals surface area contributed by atoms with Gasteiger partial charge in [-0.2, -0.15) is 0 Å². The van der Waals surface area contributed by atoms with E-state index in [1.54, 1.807) is 7.11 Å². The Morgan fingerprint density at radius 3 is 1.28 bits per heavy atom. The van der Waals surface area contributed by atoms with Gasteiger partial charge in [-0.25, -0.2) is 4.79 Å². The number of amides is 1. The maximum atomic E-state index is 12.6. The van der Waals surface area contributed by atoms with Gasteiger partial charge in [0.05, 0.1) is 24.4 Å². The number of nitrogens with one attached hydrogen (secondary N) is 1. The highest BCUT2D eigenvalue weighted by molar-refractivity contribution is 5.67. The van der Waals surface area contributed by atoms with Crippen LogP contribution < -0.4 is 5.32 Å². The molecule has 0 radical (unpaired) electrons. The third kappa shape index (κ3) is 35.6. The van der Waals surface area contributed by atoms with Gasteiger partial charge in [0.1, 0.15) is 0 Å². The Balaban J connectivity index is 4.28. The molecule has 0 heterocycles. The molecule has 0 spiro atoms. The van der Waals surface area contributed by atoms with Crippen molar-refractivity contribution in [1.29, 1.82) is 0 Å². The molecular weight excluding hydrogens is 618 g/mol. The second kappa shape index (κ2) is 35.2. The summed E-state index contributed by atoms with van der Waals surface area (Å²) in [4.78, 5) is 12.6. The summed E-state index contributed by atoms with van der Waals surface area (Å²) < 4.78 is 17.4. The largest absolute Gasteiger partial charge is 0.449 e. The third-order valence-electron chi connectivity index (χ3n) is 10.9. The van der Waals surface area contributed by atoms with Crippen LogP contribution in [0.5, 0.6) is 0 Å². The minimum atomic E-state index is -0.258. The maximum absolute atomic E-state index is 12.6. The van der Waals surface area contributed by atoms with Gasteiger partial charge in [-0.1, -0.05) is 181 Å². The van der Waals surface area contributed by atoms with Crippen molar-refractivity contribution in [3.63, 3.8) is 0 Å². The molecule has 0 aliphatic carbocycles. The molecule has 5 heteroatoms. The van der Waals surface area contributed by atoms with Crippen molar-refractivity contribution in [3.8, 4) is 0 Å². The van der Waals surface area contributed by atoms with E-state index in [1.807, 2.05) is 0 Å². The van der Waals surface area contributed by atoms with E-state index in [2.05, 4.69) is 46.9 Å². The Morgan fingerprint density at radius 2 is 0.900 bits per heavy atom. The molecule has 0 aromatic carbocycles. The highest BCUT2D eigenvalue weighted by Crippen LogP contribution is 2.22. The van der Waals surface area contributed by atoms with Crippen LogP contribution in [0.2, 0.25) is 0 Å². The Morgan fingerprint density at radius 1 is 0.520 bits per heavy atom. The summed E-state index contributed by atoms with van der Waals surface area (Å²) in [6.45, 7) is 14.9. The first kappa shape index (κ1) is 49.2. The van der Waals surface area contributed by atoms with Gasteiger partial charge < -0.3 is 19.5 Å². The molecule has 50 heavy (non-hydrogen) atoms. The molecular formula is C45H91NO4. The fraction of sp³-hybridized carbons (Fsp3) is 0.978. The molecule has 0 aromatic heterocycles. The molecule has 0 aliphatic rings. The molecule has 5 nitrogen and oxygen atoms in total. The number of carbonyl (C=O) groups excluding carboxylic acids is 1. The predicted octanol–water partition coefficient (Wildman–Crippen LogP) is 14.7. The zero-order valence-electron chi connectivity index (χ0n) is 35.3. The first-order valence-corrected chi connectivity index (χ1v) is 22.3. The summed E-state index contributed by atoms with van der Waals surface area (Å²) in [6.07, 6.45) is 40.8. The Kier molecular flexibility index (Phi) is 34.7. The minimum Gasteiger partial charge on any atom is -0.449 e. The van der Waals surface area contributed by atoms with Crippen LogP contribution in [0.3, 0.4) is 0 Å². The monoisotopic (exact) mass is 710 g/mol. The zero-order chi connectivity index (χ0) is 37.0. The summed E-state index contributed by atoms with van der Waals surface area (Å²) in [7, 11) is 1.75. The number of ether oxygens (including phenoxy) is 3. The number of carbonyl (C=O) groups is 1. The van der Waals surface area contributed by atoms with Crippen molar-refractivity contribution in [2.45, 2.75) is 252 Å². The highest BCUT2D eigenvalue weighted by Gasteiger charge is 2.22. The van der Waals surface area contributed by atoms with Crippen LogP contribution in [0, 0.1) is 5.92 Å². The summed E-state index contributed by atoms with van der Waals surface area (Å²) >= 11 is 0. The minimum absolute atomic E-state index is 0.168. The van der Waals surface area contributed by atoms with Crippen molar-refractivity contribution >= 4 is 6.09 Å². The summed E-state index contributed by atoms with van der Waals surface area (Å²) in [5.74, 6) is 0.491. The number of rotatable bonds is 39. The molecule has 0 saturated carbocycles. The van der Waals surface area contributed by atoms with E-state index >= 15 is 0 Å². The van der Waals surface area contributed by atoms with Crippen LogP contribution >= 0.6 is 0 Å². The molecule has 0 aliphatic heterocycles. The zero-order valence-corrected chi connectivity index (χ0v) is 35.3. The maximum Gasteiger partial charge on any atom is 0.407 e. The van der Waals surface area contributed by atoms with Gasteiger partial charge >= 0.3 is 6.09 Å². The second-order valence-corrected chi connectivity index (χ2v) is 16.9. The van der Waals surface area contributed by atoms with Crippen molar-refractivity contribution in [2.24, 2.45) is 5.92 Å². The fourth-order valence-corrected chi connectivity index (χ4v) is 6.91. The lowest BCUT2D eigenvalue weighted by atomic mass is 9.94. The number of alkyl carbamates (subject to hydrolysis) is 1. The van der Waals surface area contributed by atoms with Crippen LogP contribution in [-0.4, -0.2) is 44.2 Å². The molecule has 0 rings (SSSR count). The smallest absolute Gasteiger partial charge is 0.407 e. The van der Waals surface area contributed by atoms with E-state index in [4.69, 9.17) is 14.2 Å². The van der Waals surface area contributed by atoms with Crippen LogP contribution in [0.4, 0.5) is 4.79 Å². The Labute approximate surface area is 314 Å². The van der Waals surface area contributed by atoms with E-state index < -0.39 is 0 Å². The van der Waals surface area contributed by atoms with Crippen LogP contribution in [-0.2, 0) is 14.2 Å². The van der Waals surface area contributed by atoms with Gasteiger partial charge in [0.25, 0.3) is 0 Å². The molecule has 1 amide bonds. The van der Waals surface area contributed by atoms with E-state index in [9.17, 15) is 4.79 Å². The Hall–Kier alpha value is -0.810. The lowest BCUT2D eigenvalue weighted by Gasteiger charge is -2.29. The molecule has 0 fully saturated rings. The third-order valence-corrected chi connectivity index (χ3v) is 10.9. The lowest BCUT2D eigenvalue weighted by Crippen LogP contribution is -2.32. The van der Waals surface area contributed by atoms with Crippen molar-refractivity contribution in [2.75, 3.05) is 26.9 Å². The van der Waals surface area contributed by atoms with Crippen LogP contribution in [0.15, 0.2) is 0 Å². The van der Waals surface area contributed by atoms with Gasteiger partial charge in [0.15, 0.2) is 0 Å². The van der Waals surface area contributed by atoms with Crippen LogP contribution in [0.1, 0.15) is 241 Å². The SMILES string of the molecule is CCCCCCCCCCCCCCCC(CCCCCCCCCCCCCCC)COC(=O)NCCCC(C)(C)OCCC(C)(C)OC. The standard InChI is InChI=1S/C45H91NO4/c1-8-10-12-14-16-18-20-22-24-26-28-30-32-35-42(36-33-31-29-27-25-23-21-19-17-15-13-11-9-2)41-49-43(47)46-39-34-37-45(5,6)50-40-38-44(3,4)48-7/h42H,8-41H2,1-7H3,(H,46,47). The van der Waals surface area contributed by atoms with Gasteiger partial charge in [-0.3, -0.25) is 0 Å². The number of hydrogen-bond donors (Lipinski definition) is 1. The van der Waals surface area contributed by atoms with Gasteiger partial charge in [0, 0.05) is 13.7 Å². The molecule has 0 aromatic rings. The predicted molar refractivity (Wildman–Crippen MR) is 218 cm³/mol. The first-order valence-electron chi connectivity index (χ1n) is 22.3. The molecule has 0 atom stereocenters. The highest BCUT2D eigenvalue weighted by atomic mass is 16.5. The molecule has 0 saturated heterocycles. The molecule has 1 N–H and O–H groups in total. The molecule has 0 unspecified atom stereocenters. The quantitative estimate of drug-likeness (QED) is 0.0646. The van der Waals surface area contributed by atoms with Gasteiger partial charge in [-0.05, 0) is 65.7 Å². The van der Waals surface area contributed by atoms with Gasteiger partial charge in [0.2, 0.25) is 0 Å². The van der Waals surface area contributed by atoms with Gasteiger partial charge in [-0.15, -0.1) is 0 Å². The van der Waals surface area contributed by atoms with Crippen molar-refractivity contribution in [1.82, 2.24) is 5.32 Å². The molecule has 300 valence electrons. The van der Waals surface area contributed by atoms with Crippen molar-refractivity contribution < 1.29 is 19.0 Å². The normalized spacial score (nSPS) is 12.2. The number of unbranched alkanes of at least 4 members (excludes halogenated alkanes) is 24. The molecule has 0 bridgehead atoms. The first-order chi connectivity index (χ1) is 24.2. The Bertz CT molecular complexity index is 679. The van der Waals surface area contributed by atoms with E-state index in [0.29, 0.717) is 25.7 Å². The summed E-state index contributed by atoms with van der Waals surface area (Å²) in [6, 6.07) is 0. The number of hydrogen-bond acceptors (Lipinski definition) is 4. The number of methoxy groups -OCH3 is 1. The average molecular weight is 710 g/mol.